The molecule has 0 radical (unpaired) electrons. The first-order chi connectivity index (χ1) is 7.97. The third kappa shape index (κ3) is 3.26. The van der Waals surface area contributed by atoms with Crippen molar-refractivity contribution in [2.24, 2.45) is 0 Å². The number of aryl methyl sites for hydroxylation is 1. The van der Waals surface area contributed by atoms with Crippen LogP contribution in [-0.2, 0) is 0 Å². The number of rotatable bonds is 5. The van der Waals surface area contributed by atoms with Crippen molar-refractivity contribution in [1.82, 2.24) is 0 Å². The number of carboxylic acids is 1. The van der Waals surface area contributed by atoms with Gasteiger partial charge in [-0.1, -0.05) is 6.07 Å². The molecule has 0 bridgehead atoms. The van der Waals surface area contributed by atoms with E-state index < -0.39 is 18.2 Å². The minimum absolute atomic E-state index is 0.0707. The van der Waals surface area contributed by atoms with Crippen LogP contribution in [0.25, 0.3) is 0 Å². The van der Waals surface area contributed by atoms with Gasteiger partial charge in [-0.3, -0.25) is 0 Å². The SMILES string of the molecule is Cc1cc(C(=O)O)ccc1C(O)C(O)CCO. The van der Waals surface area contributed by atoms with Gasteiger partial charge in [0.25, 0.3) is 0 Å². The molecule has 0 aliphatic heterocycles. The Kier molecular flexibility index (Phi) is 4.62. The zero-order valence-electron chi connectivity index (χ0n) is 9.50. The van der Waals surface area contributed by atoms with E-state index in [2.05, 4.69) is 0 Å². The molecule has 0 spiro atoms. The van der Waals surface area contributed by atoms with E-state index in [4.69, 9.17) is 10.2 Å². The van der Waals surface area contributed by atoms with Crippen LogP contribution < -0.4 is 0 Å². The minimum Gasteiger partial charge on any atom is -0.478 e. The van der Waals surface area contributed by atoms with Gasteiger partial charge in [0.05, 0.1) is 11.7 Å². The third-order valence-corrected chi connectivity index (χ3v) is 2.62. The third-order valence-electron chi connectivity index (χ3n) is 2.62. The van der Waals surface area contributed by atoms with E-state index in [1.54, 1.807) is 6.92 Å². The van der Waals surface area contributed by atoms with Crippen LogP contribution in [0.3, 0.4) is 0 Å². The van der Waals surface area contributed by atoms with E-state index in [9.17, 15) is 15.0 Å². The zero-order chi connectivity index (χ0) is 13.0. The summed E-state index contributed by atoms with van der Waals surface area (Å²) in [4.78, 5) is 10.7. The van der Waals surface area contributed by atoms with Gasteiger partial charge >= 0.3 is 5.97 Å². The number of aliphatic hydroxyl groups excluding tert-OH is 3. The van der Waals surface area contributed by atoms with Crippen LogP contribution in [0, 0.1) is 6.92 Å². The Morgan fingerprint density at radius 2 is 2.00 bits per heavy atom. The summed E-state index contributed by atoms with van der Waals surface area (Å²) in [5.74, 6) is -1.04. The first-order valence-electron chi connectivity index (χ1n) is 5.28. The maximum Gasteiger partial charge on any atom is 0.335 e. The number of hydrogen-bond acceptors (Lipinski definition) is 4. The monoisotopic (exact) mass is 240 g/mol. The highest BCUT2D eigenvalue weighted by Gasteiger charge is 2.20. The summed E-state index contributed by atoms with van der Waals surface area (Å²) in [6.07, 6.45) is -2.11. The van der Waals surface area contributed by atoms with Gasteiger partial charge in [-0.25, -0.2) is 4.79 Å². The van der Waals surface area contributed by atoms with Crippen molar-refractivity contribution >= 4 is 5.97 Å². The topological polar surface area (TPSA) is 98.0 Å². The average molecular weight is 240 g/mol. The normalized spacial score (nSPS) is 14.4. The van der Waals surface area contributed by atoms with Gasteiger partial charge in [0.15, 0.2) is 0 Å². The van der Waals surface area contributed by atoms with Gasteiger partial charge in [0.1, 0.15) is 6.10 Å². The van der Waals surface area contributed by atoms with Crippen LogP contribution in [0.2, 0.25) is 0 Å². The van der Waals surface area contributed by atoms with Gasteiger partial charge in [-0.05, 0) is 36.6 Å². The molecule has 4 N–H and O–H groups in total. The average Bonchev–Trinajstić information content (AvgIpc) is 2.28. The molecule has 0 saturated carbocycles. The summed E-state index contributed by atoms with van der Waals surface area (Å²) in [5.41, 5.74) is 1.19. The largest absolute Gasteiger partial charge is 0.478 e. The molecule has 5 heteroatoms. The Balaban J connectivity index is 2.95. The standard InChI is InChI=1S/C12H16O5/c1-7-6-8(12(16)17)2-3-9(7)11(15)10(14)4-5-13/h2-3,6,10-11,13-15H,4-5H2,1H3,(H,16,17). The zero-order valence-corrected chi connectivity index (χ0v) is 9.50. The fourth-order valence-corrected chi connectivity index (χ4v) is 1.64. The number of carboxylic acid groups (broad SMARTS) is 1. The van der Waals surface area contributed by atoms with E-state index >= 15 is 0 Å². The molecule has 5 nitrogen and oxygen atoms in total. The molecule has 1 rings (SSSR count). The van der Waals surface area contributed by atoms with E-state index in [-0.39, 0.29) is 18.6 Å². The Morgan fingerprint density at radius 1 is 1.35 bits per heavy atom. The summed E-state index contributed by atoms with van der Waals surface area (Å²) in [7, 11) is 0. The van der Waals surface area contributed by atoms with Crippen LogP contribution in [0.5, 0.6) is 0 Å². The van der Waals surface area contributed by atoms with Crippen LogP contribution >= 0.6 is 0 Å². The van der Waals surface area contributed by atoms with Crippen molar-refractivity contribution in [3.05, 3.63) is 34.9 Å². The molecule has 2 unspecified atom stereocenters. The first-order valence-corrected chi connectivity index (χ1v) is 5.28. The summed E-state index contributed by atoms with van der Waals surface area (Å²) in [5, 5.41) is 36.8. The number of carbonyl (C=O) groups is 1. The molecule has 1 aromatic rings. The maximum atomic E-state index is 10.7. The molecule has 0 saturated heterocycles. The van der Waals surface area contributed by atoms with Crippen molar-refractivity contribution in [2.75, 3.05) is 6.61 Å². The van der Waals surface area contributed by atoms with Gasteiger partial charge in [0.2, 0.25) is 0 Å². The smallest absolute Gasteiger partial charge is 0.335 e. The fourth-order valence-electron chi connectivity index (χ4n) is 1.64. The summed E-state index contributed by atoms with van der Waals surface area (Å²) in [6.45, 7) is 1.45. The van der Waals surface area contributed by atoms with Crippen molar-refractivity contribution in [2.45, 2.75) is 25.6 Å². The van der Waals surface area contributed by atoms with E-state index in [1.165, 1.54) is 18.2 Å². The van der Waals surface area contributed by atoms with Gasteiger partial charge in [-0.15, -0.1) is 0 Å². The quantitative estimate of drug-likeness (QED) is 0.599. The first kappa shape index (κ1) is 13.6. The maximum absolute atomic E-state index is 10.7. The highest BCUT2D eigenvalue weighted by Crippen LogP contribution is 2.23. The van der Waals surface area contributed by atoms with Gasteiger partial charge in [0, 0.05) is 6.61 Å². The highest BCUT2D eigenvalue weighted by molar-refractivity contribution is 5.87. The molecule has 0 aromatic heterocycles. The van der Waals surface area contributed by atoms with E-state index in [1.807, 2.05) is 0 Å². The summed E-state index contributed by atoms with van der Waals surface area (Å²) in [6, 6.07) is 4.29. The van der Waals surface area contributed by atoms with Crippen LogP contribution in [0.4, 0.5) is 0 Å². The summed E-state index contributed by atoms with van der Waals surface area (Å²) < 4.78 is 0. The lowest BCUT2D eigenvalue weighted by Crippen LogP contribution is -2.20. The molecule has 0 aliphatic carbocycles. The second kappa shape index (κ2) is 5.77. The minimum atomic E-state index is -1.12. The molecule has 2 atom stereocenters. The molecule has 94 valence electrons. The van der Waals surface area contributed by atoms with Crippen molar-refractivity contribution in [3.8, 4) is 0 Å². The lowest BCUT2D eigenvalue weighted by molar-refractivity contribution is 0.00387. The predicted octanol–water partition coefficient (Wildman–Crippen LogP) is 0.470. The molecular formula is C12H16O5. The second-order valence-corrected chi connectivity index (χ2v) is 3.90. The van der Waals surface area contributed by atoms with Gasteiger partial charge < -0.3 is 20.4 Å². The Morgan fingerprint density at radius 3 is 2.47 bits per heavy atom. The lowest BCUT2D eigenvalue weighted by atomic mass is 9.96. The van der Waals surface area contributed by atoms with Crippen molar-refractivity contribution in [1.29, 1.82) is 0 Å². The second-order valence-electron chi connectivity index (χ2n) is 3.90. The molecule has 0 amide bonds. The lowest BCUT2D eigenvalue weighted by Gasteiger charge is -2.19. The van der Waals surface area contributed by atoms with Crippen LogP contribution in [-0.4, -0.2) is 39.1 Å². The Hall–Kier alpha value is -1.43. The van der Waals surface area contributed by atoms with Crippen molar-refractivity contribution < 1.29 is 25.2 Å². The Bertz CT molecular complexity index is 402. The van der Waals surface area contributed by atoms with Crippen LogP contribution in [0.15, 0.2) is 18.2 Å². The summed E-state index contributed by atoms with van der Waals surface area (Å²) >= 11 is 0. The van der Waals surface area contributed by atoms with Crippen LogP contribution in [0.1, 0.15) is 34.0 Å². The van der Waals surface area contributed by atoms with Gasteiger partial charge in [-0.2, -0.15) is 0 Å². The number of benzene rings is 1. The van der Waals surface area contributed by atoms with E-state index in [0.717, 1.165) is 0 Å². The number of hydrogen-bond donors (Lipinski definition) is 4. The molecule has 17 heavy (non-hydrogen) atoms. The van der Waals surface area contributed by atoms with Crippen molar-refractivity contribution in [3.63, 3.8) is 0 Å². The predicted molar refractivity (Wildman–Crippen MR) is 60.8 cm³/mol. The highest BCUT2D eigenvalue weighted by atomic mass is 16.4. The molecule has 0 fully saturated rings. The molecular weight excluding hydrogens is 224 g/mol. The van der Waals surface area contributed by atoms with E-state index in [0.29, 0.717) is 11.1 Å². The molecule has 0 heterocycles. The fraction of sp³-hybridized carbons (Fsp3) is 0.417. The Labute approximate surface area is 99.0 Å². The molecule has 1 aromatic carbocycles. The number of aromatic carboxylic acids is 1. The molecule has 0 aliphatic rings. The number of aliphatic hydroxyl groups is 3.